The van der Waals surface area contributed by atoms with E-state index in [1.165, 1.54) is 0 Å². The zero-order valence-electron chi connectivity index (χ0n) is 9.00. The molecule has 1 aliphatic carbocycles. The number of carboxylic acid groups (broad SMARTS) is 1. The summed E-state index contributed by atoms with van der Waals surface area (Å²) < 4.78 is 0. The largest absolute Gasteiger partial charge is 0.481 e. The lowest BCUT2D eigenvalue weighted by atomic mass is 10.2. The Morgan fingerprint density at radius 2 is 2.35 bits per heavy atom. The van der Waals surface area contributed by atoms with E-state index in [9.17, 15) is 4.79 Å². The van der Waals surface area contributed by atoms with Gasteiger partial charge in [0.15, 0.2) is 0 Å². The van der Waals surface area contributed by atoms with E-state index in [1.54, 1.807) is 6.20 Å². The molecule has 0 saturated heterocycles. The molecule has 5 nitrogen and oxygen atoms in total. The summed E-state index contributed by atoms with van der Waals surface area (Å²) in [4.78, 5) is 22.3. The Balaban J connectivity index is 1.88. The summed E-state index contributed by atoms with van der Waals surface area (Å²) in [6.07, 6.45) is 6.01. The molecule has 1 aliphatic rings. The summed E-state index contributed by atoms with van der Waals surface area (Å²) in [5.41, 5.74) is 1.81. The molecule has 0 radical (unpaired) electrons. The predicted molar refractivity (Wildman–Crippen MR) is 60.3 cm³/mol. The first-order chi connectivity index (χ1) is 8.25. The highest BCUT2D eigenvalue weighted by molar-refractivity contribution is 5.74. The van der Waals surface area contributed by atoms with Gasteiger partial charge in [-0.2, -0.15) is 0 Å². The van der Waals surface area contributed by atoms with Crippen molar-refractivity contribution in [2.75, 3.05) is 0 Å². The van der Waals surface area contributed by atoms with E-state index in [2.05, 4.69) is 15.0 Å². The average molecular weight is 229 g/mol. The Kier molecular flexibility index (Phi) is 2.18. The minimum atomic E-state index is -0.759. The molecule has 17 heavy (non-hydrogen) atoms. The monoisotopic (exact) mass is 229 g/mol. The lowest BCUT2D eigenvalue weighted by Gasteiger charge is -2.00. The summed E-state index contributed by atoms with van der Waals surface area (Å²) in [5.74, 6) is -0.454. The van der Waals surface area contributed by atoms with Gasteiger partial charge >= 0.3 is 5.97 Å². The molecular formula is C12H11N3O2. The van der Waals surface area contributed by atoms with Gasteiger partial charge in [-0.05, 0) is 18.6 Å². The summed E-state index contributed by atoms with van der Waals surface area (Å²) in [6, 6.07) is 3.75. The third kappa shape index (κ3) is 1.80. The van der Waals surface area contributed by atoms with Crippen LogP contribution in [0.15, 0.2) is 30.7 Å². The fraction of sp³-hybridized carbons (Fsp3) is 0.250. The second kappa shape index (κ2) is 3.69. The number of carbonyl (C=O) groups is 1. The van der Waals surface area contributed by atoms with Crippen LogP contribution in [0.1, 0.15) is 18.2 Å². The highest BCUT2D eigenvalue weighted by Gasteiger charge is 2.46. The van der Waals surface area contributed by atoms with E-state index in [0.29, 0.717) is 12.2 Å². The summed E-state index contributed by atoms with van der Waals surface area (Å²) in [5, 5.41) is 8.88. The molecule has 5 heteroatoms. The lowest BCUT2D eigenvalue weighted by molar-refractivity contribution is -0.138. The molecule has 1 fully saturated rings. The van der Waals surface area contributed by atoms with Gasteiger partial charge in [-0.25, -0.2) is 9.97 Å². The first kappa shape index (κ1) is 10.0. The van der Waals surface area contributed by atoms with Gasteiger partial charge < -0.3 is 10.1 Å². The SMILES string of the molecule is O=C(O)C1CC1c1nccc(-c2cc[nH]c2)n1. The molecule has 0 bridgehead atoms. The third-order valence-electron chi connectivity index (χ3n) is 3.01. The maximum atomic E-state index is 10.8. The average Bonchev–Trinajstić information content (AvgIpc) is 2.96. The van der Waals surface area contributed by atoms with Crippen molar-refractivity contribution in [1.29, 1.82) is 0 Å². The molecule has 2 aromatic heterocycles. The number of aliphatic carboxylic acids is 1. The first-order valence-corrected chi connectivity index (χ1v) is 5.44. The summed E-state index contributed by atoms with van der Waals surface area (Å²) in [6.45, 7) is 0. The normalized spacial score (nSPS) is 22.4. The Hall–Kier alpha value is -2.17. The van der Waals surface area contributed by atoms with Crippen molar-refractivity contribution in [2.45, 2.75) is 12.3 Å². The van der Waals surface area contributed by atoms with Crippen molar-refractivity contribution in [3.63, 3.8) is 0 Å². The van der Waals surface area contributed by atoms with Crippen molar-refractivity contribution < 1.29 is 9.90 Å². The predicted octanol–water partition coefficient (Wildman–Crippen LogP) is 1.66. The Morgan fingerprint density at radius 3 is 3.00 bits per heavy atom. The fourth-order valence-electron chi connectivity index (χ4n) is 1.95. The molecule has 3 rings (SSSR count). The van der Waals surface area contributed by atoms with E-state index >= 15 is 0 Å². The van der Waals surface area contributed by atoms with Gasteiger partial charge in [-0.15, -0.1) is 0 Å². The Morgan fingerprint density at radius 1 is 1.47 bits per heavy atom. The van der Waals surface area contributed by atoms with Crippen LogP contribution in [0.5, 0.6) is 0 Å². The van der Waals surface area contributed by atoms with Crippen LogP contribution >= 0.6 is 0 Å². The molecule has 1 saturated carbocycles. The standard InChI is InChI=1S/C12H11N3O2/c16-12(17)9-5-8(9)11-14-4-2-10(15-11)7-1-3-13-6-7/h1-4,6,8-9,13H,5H2,(H,16,17). The molecule has 0 spiro atoms. The van der Waals surface area contributed by atoms with E-state index in [0.717, 1.165) is 11.3 Å². The van der Waals surface area contributed by atoms with Gasteiger partial charge in [0.1, 0.15) is 5.82 Å². The number of rotatable bonds is 3. The lowest BCUT2D eigenvalue weighted by Crippen LogP contribution is -2.01. The Labute approximate surface area is 97.5 Å². The quantitative estimate of drug-likeness (QED) is 0.838. The number of hydrogen-bond donors (Lipinski definition) is 2. The Bertz CT molecular complexity index is 551. The van der Waals surface area contributed by atoms with Crippen molar-refractivity contribution >= 4 is 5.97 Å². The van der Waals surface area contributed by atoms with E-state index in [1.807, 2.05) is 24.5 Å². The molecule has 2 N–H and O–H groups in total. The summed E-state index contributed by atoms with van der Waals surface area (Å²) >= 11 is 0. The molecule has 2 aromatic rings. The van der Waals surface area contributed by atoms with Crippen LogP contribution in [-0.2, 0) is 4.79 Å². The molecular weight excluding hydrogens is 218 g/mol. The van der Waals surface area contributed by atoms with Gasteiger partial charge in [-0.3, -0.25) is 4.79 Å². The molecule has 2 atom stereocenters. The molecule has 0 aliphatic heterocycles. The van der Waals surface area contributed by atoms with Gasteiger partial charge in [-0.1, -0.05) is 0 Å². The minimum absolute atomic E-state index is 0.0219. The van der Waals surface area contributed by atoms with Crippen LogP contribution in [0.25, 0.3) is 11.3 Å². The van der Waals surface area contributed by atoms with E-state index in [4.69, 9.17) is 5.11 Å². The van der Waals surface area contributed by atoms with Gasteiger partial charge in [0.05, 0.1) is 11.6 Å². The van der Waals surface area contributed by atoms with Crippen molar-refractivity contribution in [3.05, 3.63) is 36.5 Å². The number of hydrogen-bond acceptors (Lipinski definition) is 3. The van der Waals surface area contributed by atoms with Crippen LogP contribution in [0.4, 0.5) is 0 Å². The van der Waals surface area contributed by atoms with Crippen LogP contribution < -0.4 is 0 Å². The maximum Gasteiger partial charge on any atom is 0.307 e. The molecule has 0 amide bonds. The summed E-state index contributed by atoms with van der Waals surface area (Å²) in [7, 11) is 0. The molecule has 2 unspecified atom stereocenters. The van der Waals surface area contributed by atoms with Crippen LogP contribution in [0.2, 0.25) is 0 Å². The molecule has 0 aromatic carbocycles. The smallest absolute Gasteiger partial charge is 0.307 e. The number of nitrogens with one attached hydrogen (secondary N) is 1. The topological polar surface area (TPSA) is 78.9 Å². The van der Waals surface area contributed by atoms with Crippen LogP contribution in [-0.4, -0.2) is 26.0 Å². The molecule has 2 heterocycles. The van der Waals surface area contributed by atoms with Crippen LogP contribution in [0, 0.1) is 5.92 Å². The van der Waals surface area contributed by atoms with Crippen molar-refractivity contribution in [1.82, 2.24) is 15.0 Å². The molecule has 86 valence electrons. The number of aromatic amines is 1. The minimum Gasteiger partial charge on any atom is -0.481 e. The maximum absolute atomic E-state index is 10.8. The zero-order chi connectivity index (χ0) is 11.8. The van der Waals surface area contributed by atoms with E-state index < -0.39 is 5.97 Å². The van der Waals surface area contributed by atoms with Gasteiger partial charge in [0.2, 0.25) is 0 Å². The zero-order valence-corrected chi connectivity index (χ0v) is 9.00. The van der Waals surface area contributed by atoms with E-state index in [-0.39, 0.29) is 11.8 Å². The second-order valence-electron chi connectivity index (χ2n) is 4.19. The number of carboxylic acids is 1. The van der Waals surface area contributed by atoms with Crippen molar-refractivity contribution in [2.24, 2.45) is 5.92 Å². The van der Waals surface area contributed by atoms with Crippen LogP contribution in [0.3, 0.4) is 0 Å². The highest BCUT2D eigenvalue weighted by Crippen LogP contribution is 2.46. The fourth-order valence-corrected chi connectivity index (χ4v) is 1.95. The van der Waals surface area contributed by atoms with Crippen molar-refractivity contribution in [3.8, 4) is 11.3 Å². The highest BCUT2D eigenvalue weighted by atomic mass is 16.4. The van der Waals surface area contributed by atoms with Gasteiger partial charge in [0, 0.05) is 30.1 Å². The second-order valence-corrected chi connectivity index (χ2v) is 4.19. The number of aromatic nitrogens is 3. The first-order valence-electron chi connectivity index (χ1n) is 5.44. The number of H-pyrrole nitrogens is 1. The number of nitrogens with zero attached hydrogens (tertiary/aromatic N) is 2. The third-order valence-corrected chi connectivity index (χ3v) is 3.01. The van der Waals surface area contributed by atoms with Gasteiger partial charge in [0.25, 0.3) is 0 Å².